The molecule has 2 aliphatic heterocycles. The number of hydrogen-bond donors (Lipinski definition) is 1. The normalized spacial score (nSPS) is 20.4. The molecule has 1 unspecified atom stereocenters. The van der Waals surface area contributed by atoms with Gasteiger partial charge in [0.1, 0.15) is 16.7 Å². The van der Waals surface area contributed by atoms with Crippen LogP contribution in [0.3, 0.4) is 0 Å². The molecule has 2 fully saturated rings. The number of amides is 2. The van der Waals surface area contributed by atoms with Gasteiger partial charge in [0.2, 0.25) is 10.8 Å². The minimum absolute atomic E-state index is 0.00235. The molecule has 1 aromatic heterocycles. The standard InChI is InChI=1S/C30H24F3N7O2S/c31-30(32,33)29(21-10-4-1-5-11-21)35-28(41)40(23-14-8-3-9-15-23)26(43-29)24(20-34)25-36-37-27(38-16-18-42-19-17-38)39(25)22-12-6-2-7-13-22/h1-15H,16-19H2,(H,35,41)/b26-24+. The number of aromatic nitrogens is 3. The average molecular weight is 604 g/mol. The Morgan fingerprint density at radius 3 is 2.07 bits per heavy atom. The number of thioether (sulfide) groups is 1. The number of morpholine rings is 1. The van der Waals surface area contributed by atoms with Gasteiger partial charge in [-0.3, -0.25) is 9.47 Å². The minimum Gasteiger partial charge on any atom is -0.378 e. The van der Waals surface area contributed by atoms with Gasteiger partial charge >= 0.3 is 12.2 Å². The number of halogens is 3. The summed E-state index contributed by atoms with van der Waals surface area (Å²) >= 11 is 0.333. The molecule has 0 bridgehead atoms. The van der Waals surface area contributed by atoms with Gasteiger partial charge in [0.15, 0.2) is 5.82 Å². The smallest absolute Gasteiger partial charge is 0.378 e. The summed E-state index contributed by atoms with van der Waals surface area (Å²) in [6, 6.07) is 25.3. The summed E-state index contributed by atoms with van der Waals surface area (Å²) in [6.07, 6.45) is -4.95. The Hall–Kier alpha value is -4.80. The SMILES string of the molecule is N#C/C(=C1\SC(c2ccccc2)(C(F)(F)F)NC(=O)N1c1ccccc1)c1nnc(N2CCOCC2)n1-c1ccccc1. The lowest BCUT2D eigenvalue weighted by molar-refractivity contribution is -0.167. The number of hydrogen-bond acceptors (Lipinski definition) is 7. The van der Waals surface area contributed by atoms with Crippen molar-refractivity contribution in [1.29, 1.82) is 5.26 Å². The van der Waals surface area contributed by atoms with E-state index in [1.165, 1.54) is 24.3 Å². The van der Waals surface area contributed by atoms with E-state index in [1.54, 1.807) is 65.2 Å². The molecule has 0 saturated carbocycles. The number of anilines is 2. The van der Waals surface area contributed by atoms with Crippen LogP contribution in [0.25, 0.3) is 11.3 Å². The number of rotatable bonds is 5. The van der Waals surface area contributed by atoms with Gasteiger partial charge in [-0.15, -0.1) is 10.2 Å². The summed E-state index contributed by atoms with van der Waals surface area (Å²) in [6.45, 7) is 1.90. The fraction of sp³-hybridized carbons (Fsp3) is 0.200. The number of nitriles is 1. The van der Waals surface area contributed by atoms with Gasteiger partial charge in [0.05, 0.1) is 24.6 Å². The lowest BCUT2D eigenvalue weighted by atomic mass is 10.1. The monoisotopic (exact) mass is 603 g/mol. The lowest BCUT2D eigenvalue weighted by Gasteiger charge is -2.44. The maximum atomic E-state index is 15.1. The largest absolute Gasteiger partial charge is 0.425 e. The second kappa shape index (κ2) is 11.5. The summed E-state index contributed by atoms with van der Waals surface area (Å²) in [5, 5.41) is 21.4. The number of carbonyl (C=O) groups is 1. The highest BCUT2D eigenvalue weighted by Crippen LogP contribution is 2.55. The first-order chi connectivity index (χ1) is 20.8. The van der Waals surface area contributed by atoms with Crippen molar-refractivity contribution in [3.8, 4) is 11.8 Å². The molecule has 0 aliphatic carbocycles. The number of para-hydroxylation sites is 2. The van der Waals surface area contributed by atoms with Crippen molar-refractivity contribution in [1.82, 2.24) is 20.1 Å². The molecule has 0 radical (unpaired) electrons. The molecule has 13 heteroatoms. The summed E-state index contributed by atoms with van der Waals surface area (Å²) in [4.78, 5) is 13.9. The van der Waals surface area contributed by atoms with Crippen LogP contribution in [0.4, 0.5) is 29.6 Å². The highest BCUT2D eigenvalue weighted by atomic mass is 32.2. The summed E-state index contributed by atoms with van der Waals surface area (Å²) in [5.41, 5.74) is 0.434. The number of ether oxygens (including phenoxy) is 1. The summed E-state index contributed by atoms with van der Waals surface area (Å²) in [5.74, 6) is 0.400. The predicted molar refractivity (Wildman–Crippen MR) is 156 cm³/mol. The molecular weight excluding hydrogens is 579 g/mol. The third-order valence-electron chi connectivity index (χ3n) is 7.04. The van der Waals surface area contributed by atoms with E-state index >= 15 is 13.2 Å². The van der Waals surface area contributed by atoms with Crippen LogP contribution in [0.1, 0.15) is 11.4 Å². The molecule has 2 saturated heterocycles. The quantitative estimate of drug-likeness (QED) is 0.293. The Labute approximate surface area is 249 Å². The Morgan fingerprint density at radius 2 is 1.49 bits per heavy atom. The maximum absolute atomic E-state index is 15.1. The molecule has 0 spiro atoms. The molecule has 6 rings (SSSR count). The average Bonchev–Trinajstić information content (AvgIpc) is 3.47. The van der Waals surface area contributed by atoms with Crippen molar-refractivity contribution >= 4 is 35.0 Å². The second-order valence-electron chi connectivity index (χ2n) is 9.63. The van der Waals surface area contributed by atoms with E-state index in [0.29, 0.717) is 49.7 Å². The van der Waals surface area contributed by atoms with Gasteiger partial charge in [0.25, 0.3) is 0 Å². The van der Waals surface area contributed by atoms with Gasteiger partial charge in [0, 0.05) is 13.1 Å². The molecule has 1 N–H and O–H groups in total. The highest BCUT2D eigenvalue weighted by Gasteiger charge is 2.62. The van der Waals surface area contributed by atoms with Crippen molar-refractivity contribution in [3.63, 3.8) is 0 Å². The molecule has 4 aromatic rings. The maximum Gasteiger partial charge on any atom is 0.425 e. The zero-order valence-corrected chi connectivity index (χ0v) is 23.3. The fourth-order valence-corrected chi connectivity index (χ4v) is 6.32. The molecule has 9 nitrogen and oxygen atoms in total. The van der Waals surface area contributed by atoms with E-state index in [4.69, 9.17) is 4.74 Å². The zero-order valence-electron chi connectivity index (χ0n) is 22.5. The van der Waals surface area contributed by atoms with Crippen LogP contribution >= 0.6 is 11.8 Å². The van der Waals surface area contributed by atoms with E-state index in [2.05, 4.69) is 21.6 Å². The molecule has 2 aliphatic rings. The number of carbonyl (C=O) groups excluding carboxylic acids is 1. The van der Waals surface area contributed by atoms with E-state index in [9.17, 15) is 10.1 Å². The van der Waals surface area contributed by atoms with E-state index in [-0.39, 0.29) is 27.7 Å². The van der Waals surface area contributed by atoms with Gasteiger partial charge in [-0.05, 0) is 29.8 Å². The van der Waals surface area contributed by atoms with Crippen LogP contribution < -0.4 is 15.1 Å². The third kappa shape index (κ3) is 5.09. The number of urea groups is 1. The molecular formula is C30H24F3N7O2S. The number of nitrogens with zero attached hydrogens (tertiary/aromatic N) is 6. The van der Waals surface area contributed by atoms with Crippen molar-refractivity contribution < 1.29 is 22.7 Å². The van der Waals surface area contributed by atoms with Crippen molar-refractivity contribution in [2.24, 2.45) is 0 Å². The van der Waals surface area contributed by atoms with Crippen LogP contribution in [0, 0.1) is 11.3 Å². The zero-order chi connectivity index (χ0) is 30.0. The minimum atomic E-state index is -4.95. The molecule has 43 heavy (non-hydrogen) atoms. The Kier molecular flexibility index (Phi) is 7.55. The topological polar surface area (TPSA) is 99.3 Å². The van der Waals surface area contributed by atoms with Crippen molar-refractivity contribution in [2.75, 3.05) is 36.1 Å². The predicted octanol–water partition coefficient (Wildman–Crippen LogP) is 5.67. The number of nitrogens with one attached hydrogen (secondary N) is 1. The first-order valence-electron chi connectivity index (χ1n) is 13.3. The first kappa shape index (κ1) is 28.3. The fourth-order valence-electron chi connectivity index (χ4n) is 5.00. The number of allylic oxidation sites excluding steroid dienone is 1. The van der Waals surface area contributed by atoms with Crippen molar-refractivity contribution in [3.05, 3.63) is 107 Å². The van der Waals surface area contributed by atoms with Gasteiger partial charge in [-0.2, -0.15) is 18.4 Å². The van der Waals surface area contributed by atoms with Crippen LogP contribution in [0.15, 0.2) is 96.0 Å². The van der Waals surface area contributed by atoms with Gasteiger partial charge < -0.3 is 15.0 Å². The van der Waals surface area contributed by atoms with E-state index < -0.39 is 17.1 Å². The third-order valence-corrected chi connectivity index (χ3v) is 8.49. The molecule has 2 amide bonds. The molecule has 3 aromatic carbocycles. The van der Waals surface area contributed by atoms with Gasteiger partial charge in [-0.25, -0.2) is 4.79 Å². The molecule has 3 heterocycles. The molecule has 1 atom stereocenters. The highest BCUT2D eigenvalue weighted by molar-refractivity contribution is 8.04. The van der Waals surface area contributed by atoms with Crippen LogP contribution in [-0.2, 0) is 9.61 Å². The summed E-state index contributed by atoms with van der Waals surface area (Å²) < 4.78 is 52.4. The van der Waals surface area contributed by atoms with E-state index in [0.717, 1.165) is 4.90 Å². The number of alkyl halides is 3. The van der Waals surface area contributed by atoms with E-state index in [1.807, 2.05) is 11.0 Å². The Balaban J connectivity index is 1.63. The summed E-state index contributed by atoms with van der Waals surface area (Å²) in [7, 11) is 0. The first-order valence-corrected chi connectivity index (χ1v) is 14.1. The lowest BCUT2D eigenvalue weighted by Crippen LogP contribution is -2.61. The van der Waals surface area contributed by atoms with Crippen LogP contribution in [0.2, 0.25) is 0 Å². The van der Waals surface area contributed by atoms with Crippen LogP contribution in [0.5, 0.6) is 0 Å². The number of benzene rings is 3. The van der Waals surface area contributed by atoms with Gasteiger partial charge in [-0.1, -0.05) is 78.5 Å². The Bertz CT molecular complexity index is 1690. The van der Waals surface area contributed by atoms with Crippen molar-refractivity contribution in [2.45, 2.75) is 11.0 Å². The van der Waals surface area contributed by atoms with Crippen LogP contribution in [-0.4, -0.2) is 53.3 Å². The second-order valence-corrected chi connectivity index (χ2v) is 10.8. The Morgan fingerprint density at radius 1 is 0.907 bits per heavy atom. The molecule has 218 valence electrons.